The van der Waals surface area contributed by atoms with Gasteiger partial charge in [0.25, 0.3) is 0 Å². The topological polar surface area (TPSA) is 0 Å². The number of halogens is 2. The molecule has 1 aliphatic heterocycles. The number of hydrogen-bond acceptors (Lipinski definition) is 0. The van der Waals surface area contributed by atoms with E-state index in [4.69, 9.17) is 0 Å². The van der Waals surface area contributed by atoms with Crippen LogP contribution in [0.5, 0.6) is 0 Å². The van der Waals surface area contributed by atoms with Gasteiger partial charge in [0.1, 0.15) is 0 Å². The predicted octanol–water partition coefficient (Wildman–Crippen LogP) is 2.56. The zero-order valence-electron chi connectivity index (χ0n) is 19.6. The molecule has 0 radical (unpaired) electrons. The fourth-order valence-corrected chi connectivity index (χ4v) is 24.5. The first-order valence-corrected chi connectivity index (χ1v) is 17.9. The molecule has 168 valence electrons. The van der Waals surface area contributed by atoms with Gasteiger partial charge in [-0.05, 0) is 0 Å². The van der Waals surface area contributed by atoms with Gasteiger partial charge in [-0.15, -0.1) is 0 Å². The Labute approximate surface area is 219 Å². The van der Waals surface area contributed by atoms with Gasteiger partial charge < -0.3 is 24.8 Å². The first-order valence-electron chi connectivity index (χ1n) is 11.9. The number of hydrogen-bond donors (Lipinski definition) is 0. The molecule has 2 aliphatic carbocycles. The summed E-state index contributed by atoms with van der Waals surface area (Å²) in [5.74, 6) is 1.32. The molecular weight excluding hydrogens is 527 g/mol. The Morgan fingerprint density at radius 1 is 0.688 bits per heavy atom. The SMILES string of the molecule is CC[CH]1[Zr+2][CH](CC)C(C2C=Cc3ccccc32)[Si](C)(C)C1C1C=Cc2ccccc21.[Cl-].[Cl-]. The summed E-state index contributed by atoms with van der Waals surface area (Å²) >= 11 is -0.474. The molecule has 0 aromatic heterocycles. The van der Waals surface area contributed by atoms with Crippen molar-refractivity contribution in [2.45, 2.75) is 70.0 Å². The summed E-state index contributed by atoms with van der Waals surface area (Å²) in [5.41, 5.74) is 8.01. The monoisotopic (exact) mass is 558 g/mol. The molecule has 3 aliphatic rings. The maximum absolute atomic E-state index is 2.77. The summed E-state index contributed by atoms with van der Waals surface area (Å²) in [6.45, 7) is 10.5. The largest absolute Gasteiger partial charge is 1.00 e. The van der Waals surface area contributed by atoms with Gasteiger partial charge in [0, 0.05) is 0 Å². The molecule has 0 bridgehead atoms. The van der Waals surface area contributed by atoms with E-state index < -0.39 is 31.3 Å². The first-order chi connectivity index (χ1) is 14.6. The minimum atomic E-state index is -1.54. The third-order valence-corrected chi connectivity index (χ3v) is 20.8. The van der Waals surface area contributed by atoms with Crippen molar-refractivity contribution in [1.82, 2.24) is 0 Å². The Balaban J connectivity index is 0.00000144. The van der Waals surface area contributed by atoms with E-state index in [-0.39, 0.29) is 24.8 Å². The van der Waals surface area contributed by atoms with Crippen LogP contribution in [-0.4, -0.2) is 8.07 Å². The Kier molecular flexibility index (Phi) is 8.58. The normalized spacial score (nSPS) is 30.9. The van der Waals surface area contributed by atoms with Crippen LogP contribution in [0.2, 0.25) is 31.4 Å². The van der Waals surface area contributed by atoms with E-state index in [1.54, 1.807) is 11.1 Å². The standard InChI is InChI=1S/C28H34Si.2ClH.Zr/c1-5-11-27(25-19-17-21-13-7-9-15-23(21)25)29(3,4)28(12-6-2)26-20-18-22-14-8-10-16-24(22)26;;;/h7-20,25-28H,5-6H2,1-4H3;2*1H;/q;;;+2/p-2. The number of benzene rings is 2. The summed E-state index contributed by atoms with van der Waals surface area (Å²) in [4.78, 5) is 0. The van der Waals surface area contributed by atoms with Crippen LogP contribution in [0.15, 0.2) is 60.7 Å². The Morgan fingerprint density at radius 3 is 1.50 bits per heavy atom. The van der Waals surface area contributed by atoms with Crippen LogP contribution in [0.25, 0.3) is 12.2 Å². The van der Waals surface area contributed by atoms with Gasteiger partial charge in [-0.2, -0.15) is 0 Å². The molecule has 6 atom stereocenters. The van der Waals surface area contributed by atoms with Crippen molar-refractivity contribution in [2.24, 2.45) is 0 Å². The third-order valence-electron chi connectivity index (χ3n) is 8.34. The van der Waals surface area contributed by atoms with Crippen LogP contribution in [0.4, 0.5) is 0 Å². The van der Waals surface area contributed by atoms with Crippen molar-refractivity contribution in [3.63, 3.8) is 0 Å². The molecule has 2 aromatic rings. The minimum Gasteiger partial charge on any atom is -1.00 e. The van der Waals surface area contributed by atoms with E-state index in [1.165, 1.54) is 24.0 Å². The van der Waals surface area contributed by atoms with Crippen LogP contribution >= 0.6 is 0 Å². The Bertz CT molecular complexity index is 921. The van der Waals surface area contributed by atoms with Gasteiger partial charge in [0.15, 0.2) is 0 Å². The molecule has 2 aromatic carbocycles. The van der Waals surface area contributed by atoms with Gasteiger partial charge in [-0.3, -0.25) is 0 Å². The summed E-state index contributed by atoms with van der Waals surface area (Å²) in [6, 6.07) is 18.4. The van der Waals surface area contributed by atoms with Crippen LogP contribution in [0.1, 0.15) is 60.8 Å². The molecule has 1 fully saturated rings. The second kappa shape index (κ2) is 10.5. The molecule has 5 rings (SSSR count). The van der Waals surface area contributed by atoms with Crippen molar-refractivity contribution < 1.29 is 48.0 Å². The molecule has 1 heterocycles. The number of rotatable bonds is 4. The fourth-order valence-electron chi connectivity index (χ4n) is 7.09. The van der Waals surface area contributed by atoms with Crippen molar-refractivity contribution in [1.29, 1.82) is 0 Å². The summed E-state index contributed by atoms with van der Waals surface area (Å²) < 4.78 is 2.05. The average molecular weight is 561 g/mol. The summed E-state index contributed by atoms with van der Waals surface area (Å²) in [6.07, 6.45) is 12.8. The van der Waals surface area contributed by atoms with Crippen LogP contribution in [-0.2, 0) is 23.2 Å². The number of allylic oxidation sites excluding steroid dienone is 2. The molecule has 0 saturated carbocycles. The maximum Gasteiger partial charge on any atom is -1.00 e. The second-order valence-corrected chi connectivity index (χ2v) is 19.5. The first kappa shape index (κ1) is 26.2. The summed E-state index contributed by atoms with van der Waals surface area (Å²) in [5, 5.41) is 0. The second-order valence-electron chi connectivity index (χ2n) is 10.1. The summed E-state index contributed by atoms with van der Waals surface area (Å²) in [7, 11) is -1.54. The molecule has 0 spiro atoms. The molecule has 1 saturated heterocycles. The third kappa shape index (κ3) is 4.24. The van der Waals surface area contributed by atoms with E-state index in [0.29, 0.717) is 11.8 Å². The van der Waals surface area contributed by atoms with Gasteiger partial charge in [-0.1, -0.05) is 0 Å². The predicted molar refractivity (Wildman–Crippen MR) is 129 cm³/mol. The van der Waals surface area contributed by atoms with Gasteiger partial charge in [-0.25, -0.2) is 0 Å². The smallest absolute Gasteiger partial charge is 1.00 e. The van der Waals surface area contributed by atoms with Gasteiger partial charge in [0.05, 0.1) is 0 Å². The van der Waals surface area contributed by atoms with Gasteiger partial charge >= 0.3 is 196 Å². The van der Waals surface area contributed by atoms with E-state index in [2.05, 4.69) is 99.8 Å². The van der Waals surface area contributed by atoms with Gasteiger partial charge in [0.2, 0.25) is 0 Å². The maximum atomic E-state index is 2.77. The van der Waals surface area contributed by atoms with Crippen LogP contribution < -0.4 is 24.8 Å². The van der Waals surface area contributed by atoms with Crippen molar-refractivity contribution >= 4 is 20.2 Å². The molecule has 4 heteroatoms. The van der Waals surface area contributed by atoms with E-state index in [9.17, 15) is 0 Å². The molecule has 0 amide bonds. The average Bonchev–Trinajstić information content (AvgIpc) is 3.37. The van der Waals surface area contributed by atoms with Crippen molar-refractivity contribution in [2.75, 3.05) is 0 Å². The fraction of sp³-hybridized carbons (Fsp3) is 0.429. The number of fused-ring (bicyclic) bond motifs is 2. The molecule has 0 N–H and O–H groups in total. The quantitative estimate of drug-likeness (QED) is 0.505. The molecule has 32 heavy (non-hydrogen) atoms. The van der Waals surface area contributed by atoms with E-state index in [1.807, 2.05) is 0 Å². The molecule has 6 unspecified atom stereocenters. The zero-order valence-corrected chi connectivity index (χ0v) is 24.5. The Hall–Kier alpha value is -0.400. The van der Waals surface area contributed by atoms with Crippen LogP contribution in [0.3, 0.4) is 0 Å². The van der Waals surface area contributed by atoms with Crippen molar-refractivity contribution in [3.05, 3.63) is 82.9 Å². The molecular formula is C28H34Cl2SiZr. The van der Waals surface area contributed by atoms with Crippen molar-refractivity contribution in [3.8, 4) is 0 Å². The van der Waals surface area contributed by atoms with Crippen LogP contribution in [0, 0.1) is 0 Å². The zero-order chi connectivity index (χ0) is 20.9. The minimum absolute atomic E-state index is 0. The molecule has 0 nitrogen and oxygen atoms in total. The van der Waals surface area contributed by atoms with E-state index in [0.717, 1.165) is 18.3 Å². The van der Waals surface area contributed by atoms with E-state index >= 15 is 0 Å². The Morgan fingerprint density at radius 2 is 1.09 bits per heavy atom.